The highest BCUT2D eigenvalue weighted by molar-refractivity contribution is 5.08. The number of allylic oxidation sites excluding steroid dienone is 2. The van der Waals surface area contributed by atoms with Crippen LogP contribution in [-0.4, -0.2) is 30.7 Å². The minimum Gasteiger partial charge on any atom is -0.371 e. The second-order valence-electron chi connectivity index (χ2n) is 2.68. The zero-order valence-corrected chi connectivity index (χ0v) is 5.86. The van der Waals surface area contributed by atoms with Gasteiger partial charge in [0.1, 0.15) is 0 Å². The standard InChI is InChI=1S/C8H11NO/c1-2-4-9(5-3-1)6-8-7-10-8/h1-4,8H,5-7H2. The minimum atomic E-state index is 0.510. The lowest BCUT2D eigenvalue weighted by atomic mass is 10.3. The first-order valence-corrected chi connectivity index (χ1v) is 3.64. The van der Waals surface area contributed by atoms with Crippen LogP contribution in [0.2, 0.25) is 0 Å². The molecule has 10 heavy (non-hydrogen) atoms. The van der Waals surface area contributed by atoms with Gasteiger partial charge in [-0.2, -0.15) is 0 Å². The minimum absolute atomic E-state index is 0.510. The molecule has 2 heterocycles. The van der Waals surface area contributed by atoms with Crippen LogP contribution < -0.4 is 0 Å². The number of hydrogen-bond donors (Lipinski definition) is 0. The molecule has 2 aliphatic rings. The maximum absolute atomic E-state index is 5.11. The molecule has 0 aliphatic carbocycles. The highest BCUT2D eigenvalue weighted by Crippen LogP contribution is 2.11. The van der Waals surface area contributed by atoms with Crippen LogP contribution in [0.25, 0.3) is 0 Å². The largest absolute Gasteiger partial charge is 0.371 e. The van der Waals surface area contributed by atoms with Gasteiger partial charge in [0.25, 0.3) is 0 Å². The van der Waals surface area contributed by atoms with Crippen molar-refractivity contribution in [1.82, 2.24) is 4.90 Å². The Hall–Kier alpha value is -0.760. The average Bonchev–Trinajstić information content (AvgIpc) is 2.74. The molecule has 0 saturated carbocycles. The van der Waals surface area contributed by atoms with E-state index in [2.05, 4.69) is 29.3 Å². The van der Waals surface area contributed by atoms with Crippen molar-refractivity contribution in [1.29, 1.82) is 0 Å². The van der Waals surface area contributed by atoms with Crippen molar-refractivity contribution in [3.63, 3.8) is 0 Å². The predicted octanol–water partition coefficient (Wildman–Crippen LogP) is 0.771. The Morgan fingerprint density at radius 2 is 2.40 bits per heavy atom. The number of rotatable bonds is 2. The van der Waals surface area contributed by atoms with Crippen molar-refractivity contribution in [2.24, 2.45) is 0 Å². The van der Waals surface area contributed by atoms with E-state index in [-0.39, 0.29) is 0 Å². The van der Waals surface area contributed by atoms with Crippen LogP contribution in [0, 0.1) is 0 Å². The van der Waals surface area contributed by atoms with Gasteiger partial charge in [0, 0.05) is 13.1 Å². The Bertz CT molecular complexity index is 170. The summed E-state index contributed by atoms with van der Waals surface area (Å²) in [4.78, 5) is 2.26. The first kappa shape index (κ1) is 5.98. The third kappa shape index (κ3) is 1.39. The second kappa shape index (κ2) is 2.46. The lowest BCUT2D eigenvalue weighted by Crippen LogP contribution is -2.23. The van der Waals surface area contributed by atoms with E-state index in [0.29, 0.717) is 6.10 Å². The zero-order valence-electron chi connectivity index (χ0n) is 5.86. The number of hydrogen-bond acceptors (Lipinski definition) is 2. The molecule has 2 aliphatic heterocycles. The van der Waals surface area contributed by atoms with Crippen LogP contribution in [0.4, 0.5) is 0 Å². The van der Waals surface area contributed by atoms with E-state index in [9.17, 15) is 0 Å². The molecule has 0 bridgehead atoms. The molecule has 2 rings (SSSR count). The van der Waals surface area contributed by atoms with Gasteiger partial charge in [0.15, 0.2) is 0 Å². The molecule has 2 heteroatoms. The van der Waals surface area contributed by atoms with Crippen LogP contribution >= 0.6 is 0 Å². The summed E-state index contributed by atoms with van der Waals surface area (Å²) < 4.78 is 5.11. The highest BCUT2D eigenvalue weighted by atomic mass is 16.6. The van der Waals surface area contributed by atoms with E-state index in [1.807, 2.05) is 0 Å². The lowest BCUT2D eigenvalue weighted by Gasteiger charge is -2.18. The van der Waals surface area contributed by atoms with Gasteiger partial charge in [-0.3, -0.25) is 0 Å². The van der Waals surface area contributed by atoms with Crippen molar-refractivity contribution in [3.8, 4) is 0 Å². The summed E-state index contributed by atoms with van der Waals surface area (Å²) in [5.74, 6) is 0. The molecular formula is C8H11NO. The van der Waals surface area contributed by atoms with E-state index in [1.54, 1.807) is 0 Å². The molecule has 0 N–H and O–H groups in total. The summed E-state index contributed by atoms with van der Waals surface area (Å²) in [6.45, 7) is 3.05. The topological polar surface area (TPSA) is 15.8 Å². The van der Waals surface area contributed by atoms with Crippen molar-refractivity contribution in [2.45, 2.75) is 6.10 Å². The van der Waals surface area contributed by atoms with Crippen molar-refractivity contribution >= 4 is 0 Å². The van der Waals surface area contributed by atoms with Gasteiger partial charge in [-0.05, 0) is 12.3 Å². The molecule has 2 nitrogen and oxygen atoms in total. The van der Waals surface area contributed by atoms with Gasteiger partial charge in [-0.1, -0.05) is 12.2 Å². The monoisotopic (exact) mass is 137 g/mol. The summed E-state index contributed by atoms with van der Waals surface area (Å²) in [6.07, 6.45) is 8.91. The molecule has 1 saturated heterocycles. The van der Waals surface area contributed by atoms with Gasteiger partial charge in [0.2, 0.25) is 0 Å². The maximum Gasteiger partial charge on any atom is 0.0984 e. The molecule has 0 aromatic rings. The van der Waals surface area contributed by atoms with Crippen LogP contribution in [0.1, 0.15) is 0 Å². The van der Waals surface area contributed by atoms with Crippen LogP contribution in [0.15, 0.2) is 24.4 Å². The molecule has 0 aromatic heterocycles. The van der Waals surface area contributed by atoms with Gasteiger partial charge >= 0.3 is 0 Å². The number of epoxide rings is 1. The maximum atomic E-state index is 5.11. The fourth-order valence-electron chi connectivity index (χ4n) is 1.08. The SMILES string of the molecule is C1=CCN(CC2CO2)C=C1. The van der Waals surface area contributed by atoms with Gasteiger partial charge in [0.05, 0.1) is 12.7 Å². The molecule has 1 fully saturated rings. The van der Waals surface area contributed by atoms with E-state index < -0.39 is 0 Å². The fraction of sp³-hybridized carbons (Fsp3) is 0.500. The van der Waals surface area contributed by atoms with Gasteiger partial charge < -0.3 is 9.64 Å². The fourth-order valence-corrected chi connectivity index (χ4v) is 1.08. The van der Waals surface area contributed by atoms with E-state index in [4.69, 9.17) is 4.74 Å². The molecule has 1 unspecified atom stereocenters. The van der Waals surface area contributed by atoms with E-state index >= 15 is 0 Å². The first-order valence-electron chi connectivity index (χ1n) is 3.64. The van der Waals surface area contributed by atoms with Crippen LogP contribution in [0.3, 0.4) is 0 Å². The molecule has 0 radical (unpaired) electrons. The zero-order chi connectivity index (χ0) is 6.81. The second-order valence-corrected chi connectivity index (χ2v) is 2.68. The molecule has 0 spiro atoms. The van der Waals surface area contributed by atoms with Crippen molar-refractivity contribution in [2.75, 3.05) is 19.7 Å². The molecule has 0 amide bonds. The smallest absolute Gasteiger partial charge is 0.0984 e. The quantitative estimate of drug-likeness (QED) is 0.522. The van der Waals surface area contributed by atoms with E-state index in [0.717, 1.165) is 19.7 Å². The Labute approximate surface area is 60.8 Å². The molecule has 1 atom stereocenters. The van der Waals surface area contributed by atoms with Crippen LogP contribution in [0.5, 0.6) is 0 Å². The summed E-state index contributed by atoms with van der Waals surface area (Å²) in [6, 6.07) is 0. The third-order valence-electron chi connectivity index (χ3n) is 1.72. The summed E-state index contributed by atoms with van der Waals surface area (Å²) in [7, 11) is 0. The Morgan fingerprint density at radius 3 is 3.00 bits per heavy atom. The van der Waals surface area contributed by atoms with Gasteiger partial charge in [-0.25, -0.2) is 0 Å². The Kier molecular flexibility index (Phi) is 1.47. The van der Waals surface area contributed by atoms with Gasteiger partial charge in [-0.15, -0.1) is 0 Å². The summed E-state index contributed by atoms with van der Waals surface area (Å²) in [5.41, 5.74) is 0. The average molecular weight is 137 g/mol. The van der Waals surface area contributed by atoms with Crippen LogP contribution in [-0.2, 0) is 4.74 Å². The number of ether oxygens (including phenoxy) is 1. The normalized spacial score (nSPS) is 29.2. The predicted molar refractivity (Wildman–Crippen MR) is 39.6 cm³/mol. The van der Waals surface area contributed by atoms with Crippen molar-refractivity contribution in [3.05, 3.63) is 24.4 Å². The van der Waals surface area contributed by atoms with E-state index in [1.165, 1.54) is 0 Å². The molecule has 54 valence electrons. The first-order chi connectivity index (χ1) is 4.95. The summed E-state index contributed by atoms with van der Waals surface area (Å²) in [5, 5.41) is 0. The Balaban J connectivity index is 1.81. The highest BCUT2D eigenvalue weighted by Gasteiger charge is 2.23. The summed E-state index contributed by atoms with van der Waals surface area (Å²) >= 11 is 0. The third-order valence-corrected chi connectivity index (χ3v) is 1.72. The Morgan fingerprint density at radius 1 is 1.50 bits per heavy atom. The van der Waals surface area contributed by atoms with Crippen molar-refractivity contribution < 1.29 is 4.74 Å². The number of nitrogens with zero attached hydrogens (tertiary/aromatic N) is 1. The lowest BCUT2D eigenvalue weighted by molar-refractivity contribution is 0.326. The molecular weight excluding hydrogens is 126 g/mol. The molecule has 0 aromatic carbocycles.